The molecule has 0 aliphatic carbocycles. The normalized spacial score (nSPS) is 10.1. The van der Waals surface area contributed by atoms with Crippen molar-refractivity contribution in [2.24, 2.45) is 0 Å². The fourth-order valence-corrected chi connectivity index (χ4v) is 2.20. The lowest BCUT2D eigenvalue weighted by Crippen LogP contribution is -2.18. The first kappa shape index (κ1) is 12.6. The van der Waals surface area contributed by atoms with Crippen molar-refractivity contribution >= 4 is 23.6 Å². The third kappa shape index (κ3) is 2.68. The number of hydrogen-bond donors (Lipinski definition) is 0. The van der Waals surface area contributed by atoms with Crippen LogP contribution in [-0.4, -0.2) is 18.3 Å². The van der Waals surface area contributed by atoms with Gasteiger partial charge in [-0.05, 0) is 23.8 Å². The van der Waals surface area contributed by atoms with E-state index in [4.69, 9.17) is 11.6 Å². The minimum absolute atomic E-state index is 0.575. The van der Waals surface area contributed by atoms with Crippen LogP contribution in [0.25, 0.3) is 0 Å². The highest BCUT2D eigenvalue weighted by molar-refractivity contribution is 6.33. The second-order valence-electron chi connectivity index (χ2n) is 4.01. The van der Waals surface area contributed by atoms with Crippen molar-refractivity contribution in [1.29, 1.82) is 0 Å². The molecule has 0 saturated heterocycles. The molecule has 0 atom stereocenters. The standard InChI is InChI=1S/C14H13ClN2O/c1-17(9-11-4-3-7-16-8-11)14-12(10-18)5-2-6-13(14)15/h2-8,10H,9H2,1H3. The molecule has 0 amide bonds. The van der Waals surface area contributed by atoms with Gasteiger partial charge in [-0.15, -0.1) is 0 Å². The van der Waals surface area contributed by atoms with Crippen LogP contribution in [0.3, 0.4) is 0 Å². The summed E-state index contributed by atoms with van der Waals surface area (Å²) in [5, 5.41) is 0.575. The average molecular weight is 261 g/mol. The zero-order valence-electron chi connectivity index (χ0n) is 10.0. The summed E-state index contributed by atoms with van der Waals surface area (Å²) in [6, 6.07) is 9.18. The number of nitrogens with zero attached hydrogens (tertiary/aromatic N) is 2. The van der Waals surface area contributed by atoms with E-state index in [1.54, 1.807) is 30.6 Å². The molecule has 0 saturated carbocycles. The van der Waals surface area contributed by atoms with Crippen molar-refractivity contribution in [3.63, 3.8) is 0 Å². The van der Waals surface area contributed by atoms with Crippen LogP contribution in [0.2, 0.25) is 5.02 Å². The van der Waals surface area contributed by atoms with Gasteiger partial charge >= 0.3 is 0 Å². The number of aldehydes is 1. The summed E-state index contributed by atoms with van der Waals surface area (Å²) in [6.45, 7) is 0.651. The molecule has 2 rings (SSSR count). The summed E-state index contributed by atoms with van der Waals surface area (Å²) >= 11 is 6.15. The van der Waals surface area contributed by atoms with E-state index >= 15 is 0 Å². The van der Waals surface area contributed by atoms with E-state index in [0.717, 1.165) is 17.5 Å². The van der Waals surface area contributed by atoms with Crippen molar-refractivity contribution < 1.29 is 4.79 Å². The van der Waals surface area contributed by atoms with Crippen molar-refractivity contribution in [1.82, 2.24) is 4.98 Å². The van der Waals surface area contributed by atoms with E-state index in [1.165, 1.54) is 0 Å². The average Bonchev–Trinajstić information content (AvgIpc) is 2.39. The van der Waals surface area contributed by atoms with Crippen molar-refractivity contribution in [2.75, 3.05) is 11.9 Å². The van der Waals surface area contributed by atoms with Gasteiger partial charge < -0.3 is 4.90 Å². The highest BCUT2D eigenvalue weighted by Gasteiger charge is 2.11. The summed E-state index contributed by atoms with van der Waals surface area (Å²) in [4.78, 5) is 17.1. The van der Waals surface area contributed by atoms with Crippen molar-refractivity contribution in [3.05, 3.63) is 58.9 Å². The van der Waals surface area contributed by atoms with Crippen molar-refractivity contribution in [3.8, 4) is 0 Å². The number of carbonyl (C=O) groups excluding carboxylic acids is 1. The maximum absolute atomic E-state index is 11.0. The number of halogens is 1. The molecule has 0 fully saturated rings. The molecule has 0 bridgehead atoms. The number of hydrogen-bond acceptors (Lipinski definition) is 3. The number of pyridine rings is 1. The van der Waals surface area contributed by atoms with Crippen LogP contribution < -0.4 is 4.90 Å². The molecule has 0 aliphatic rings. The van der Waals surface area contributed by atoms with Crippen LogP contribution in [0, 0.1) is 0 Å². The third-order valence-electron chi connectivity index (χ3n) is 2.67. The van der Waals surface area contributed by atoms with Crippen LogP contribution in [0.5, 0.6) is 0 Å². The van der Waals surface area contributed by atoms with Crippen LogP contribution in [-0.2, 0) is 6.54 Å². The Morgan fingerprint density at radius 3 is 2.83 bits per heavy atom. The third-order valence-corrected chi connectivity index (χ3v) is 2.97. The van der Waals surface area contributed by atoms with Crippen LogP contribution in [0.1, 0.15) is 15.9 Å². The van der Waals surface area contributed by atoms with E-state index in [9.17, 15) is 4.79 Å². The SMILES string of the molecule is CN(Cc1cccnc1)c1c(Cl)cccc1C=O. The molecule has 1 heterocycles. The van der Waals surface area contributed by atoms with Crippen LogP contribution >= 0.6 is 11.6 Å². The summed E-state index contributed by atoms with van der Waals surface area (Å²) in [6.07, 6.45) is 4.35. The fraction of sp³-hybridized carbons (Fsp3) is 0.143. The fourth-order valence-electron chi connectivity index (χ4n) is 1.87. The lowest BCUT2D eigenvalue weighted by molar-refractivity contribution is 0.112. The number of anilines is 1. The molecule has 92 valence electrons. The number of aromatic nitrogens is 1. The molecule has 0 unspecified atom stereocenters. The summed E-state index contributed by atoms with van der Waals surface area (Å²) in [5.41, 5.74) is 2.41. The molecular weight excluding hydrogens is 248 g/mol. The molecule has 2 aromatic rings. The molecular formula is C14H13ClN2O. The Morgan fingerprint density at radius 2 is 2.17 bits per heavy atom. The smallest absolute Gasteiger partial charge is 0.152 e. The van der Waals surface area contributed by atoms with Crippen molar-refractivity contribution in [2.45, 2.75) is 6.54 Å². The summed E-state index contributed by atoms with van der Waals surface area (Å²) < 4.78 is 0. The largest absolute Gasteiger partial charge is 0.368 e. The first-order chi connectivity index (χ1) is 8.72. The van der Waals surface area contributed by atoms with Gasteiger partial charge in [-0.1, -0.05) is 23.7 Å². The maximum Gasteiger partial charge on any atom is 0.152 e. The monoisotopic (exact) mass is 260 g/mol. The molecule has 1 aromatic heterocycles. The minimum atomic E-state index is 0.575. The number of carbonyl (C=O) groups is 1. The van der Waals surface area contributed by atoms with Gasteiger partial charge in [0.1, 0.15) is 0 Å². The lowest BCUT2D eigenvalue weighted by atomic mass is 10.1. The maximum atomic E-state index is 11.0. The van der Waals surface area contributed by atoms with Gasteiger partial charge in [-0.2, -0.15) is 0 Å². The molecule has 0 spiro atoms. The van der Waals surface area contributed by atoms with Gasteiger partial charge in [0.05, 0.1) is 10.7 Å². The van der Waals surface area contributed by atoms with Gasteiger partial charge in [0, 0.05) is 31.5 Å². The molecule has 4 heteroatoms. The first-order valence-electron chi connectivity index (χ1n) is 5.56. The van der Waals surface area contributed by atoms with E-state index in [-0.39, 0.29) is 0 Å². The van der Waals surface area contributed by atoms with E-state index < -0.39 is 0 Å². The number of benzene rings is 1. The number of rotatable bonds is 4. The van der Waals surface area contributed by atoms with Gasteiger partial charge in [-0.25, -0.2) is 0 Å². The second-order valence-corrected chi connectivity index (χ2v) is 4.42. The highest BCUT2D eigenvalue weighted by Crippen LogP contribution is 2.28. The predicted molar refractivity (Wildman–Crippen MR) is 73.2 cm³/mol. The van der Waals surface area contributed by atoms with Crippen LogP contribution in [0.4, 0.5) is 5.69 Å². The topological polar surface area (TPSA) is 33.2 Å². The summed E-state index contributed by atoms with van der Waals surface area (Å²) in [5.74, 6) is 0. The molecule has 0 aliphatic heterocycles. The Bertz CT molecular complexity index is 543. The first-order valence-corrected chi connectivity index (χ1v) is 5.94. The molecule has 18 heavy (non-hydrogen) atoms. The van der Waals surface area contributed by atoms with Gasteiger partial charge in [0.2, 0.25) is 0 Å². The Labute approximate surface area is 111 Å². The zero-order valence-corrected chi connectivity index (χ0v) is 10.8. The molecule has 1 aromatic carbocycles. The second kappa shape index (κ2) is 5.65. The van der Waals surface area contributed by atoms with Gasteiger partial charge in [-0.3, -0.25) is 9.78 Å². The zero-order chi connectivity index (χ0) is 13.0. The van der Waals surface area contributed by atoms with E-state index in [0.29, 0.717) is 17.1 Å². The lowest BCUT2D eigenvalue weighted by Gasteiger charge is -2.22. The minimum Gasteiger partial charge on any atom is -0.368 e. The summed E-state index contributed by atoms with van der Waals surface area (Å²) in [7, 11) is 1.90. The van der Waals surface area contributed by atoms with Gasteiger partial charge in [0.25, 0.3) is 0 Å². The molecule has 3 nitrogen and oxygen atoms in total. The van der Waals surface area contributed by atoms with Crippen LogP contribution in [0.15, 0.2) is 42.7 Å². The Kier molecular flexibility index (Phi) is 3.95. The van der Waals surface area contributed by atoms with Gasteiger partial charge in [0.15, 0.2) is 6.29 Å². The Balaban J connectivity index is 2.29. The van der Waals surface area contributed by atoms with E-state index in [1.807, 2.05) is 24.1 Å². The Morgan fingerprint density at radius 1 is 1.33 bits per heavy atom. The number of para-hydroxylation sites is 1. The molecule has 0 radical (unpaired) electrons. The Hall–Kier alpha value is -1.87. The predicted octanol–water partition coefficient (Wildman–Crippen LogP) is 3.18. The highest BCUT2D eigenvalue weighted by atomic mass is 35.5. The molecule has 0 N–H and O–H groups in total. The van der Waals surface area contributed by atoms with E-state index in [2.05, 4.69) is 4.98 Å². The quantitative estimate of drug-likeness (QED) is 0.792.